The summed E-state index contributed by atoms with van der Waals surface area (Å²) in [5, 5.41) is 0.723. The maximum atomic E-state index is 13.6. The summed E-state index contributed by atoms with van der Waals surface area (Å²) >= 11 is 12.7. The zero-order chi connectivity index (χ0) is 23.2. The van der Waals surface area contributed by atoms with Gasteiger partial charge in [0.2, 0.25) is 5.91 Å². The number of allylic oxidation sites excluding steroid dienone is 2. The Balaban J connectivity index is 1.96. The molecule has 5 nitrogen and oxygen atoms in total. The number of esters is 1. The van der Waals surface area contributed by atoms with E-state index in [0.29, 0.717) is 45.4 Å². The highest BCUT2D eigenvalue weighted by Gasteiger charge is 2.45. The molecule has 1 aliphatic heterocycles. The van der Waals surface area contributed by atoms with Gasteiger partial charge in [0.15, 0.2) is 5.78 Å². The average molecular weight is 472 g/mol. The summed E-state index contributed by atoms with van der Waals surface area (Å²) in [6.07, 6.45) is 0.909. The molecule has 0 radical (unpaired) electrons. The van der Waals surface area contributed by atoms with Gasteiger partial charge in [0.1, 0.15) is 0 Å². The van der Waals surface area contributed by atoms with Crippen molar-refractivity contribution in [1.82, 2.24) is 0 Å². The number of amides is 1. The predicted octanol–water partition coefficient (Wildman–Crippen LogP) is 5.94. The molecule has 0 saturated carbocycles. The van der Waals surface area contributed by atoms with Crippen LogP contribution in [0.15, 0.2) is 53.7 Å². The van der Waals surface area contributed by atoms with Crippen molar-refractivity contribution in [2.24, 2.45) is 5.41 Å². The van der Waals surface area contributed by atoms with Crippen molar-refractivity contribution in [2.75, 3.05) is 12.0 Å². The summed E-state index contributed by atoms with van der Waals surface area (Å²) in [6.45, 7) is 4.00. The lowest BCUT2D eigenvalue weighted by Crippen LogP contribution is -2.44. The first-order chi connectivity index (χ1) is 15.1. The van der Waals surface area contributed by atoms with E-state index in [9.17, 15) is 14.4 Å². The standard InChI is InChI=1S/C25H23Cl2NO4/c1-25(2)12-19-22(20(29)13-25)16(14-8-6-9-17(26)23(14)27)11-21(30)28(19)18-10-5-4-7-15(18)24(31)32-3/h4-10,16H,11-13H2,1-3H3. The largest absolute Gasteiger partial charge is 0.465 e. The van der Waals surface area contributed by atoms with Crippen LogP contribution in [0.5, 0.6) is 0 Å². The van der Waals surface area contributed by atoms with Crippen LogP contribution in [0.25, 0.3) is 0 Å². The SMILES string of the molecule is COC(=O)c1ccccc1N1C(=O)CC(c2cccc(Cl)c2Cl)C2=C1CC(C)(C)CC2=O. The lowest BCUT2D eigenvalue weighted by atomic mass is 9.69. The van der Waals surface area contributed by atoms with Gasteiger partial charge in [0.05, 0.1) is 28.4 Å². The normalized spacial score (nSPS) is 20.3. The molecule has 1 heterocycles. The third-order valence-electron chi connectivity index (χ3n) is 6.05. The number of nitrogens with zero attached hydrogens (tertiary/aromatic N) is 1. The number of ketones is 1. The fourth-order valence-electron chi connectivity index (χ4n) is 4.70. The Labute approximate surface area is 196 Å². The lowest BCUT2D eigenvalue weighted by molar-refractivity contribution is -0.121. The molecule has 0 saturated heterocycles. The highest BCUT2D eigenvalue weighted by atomic mass is 35.5. The first kappa shape index (κ1) is 22.6. The summed E-state index contributed by atoms with van der Waals surface area (Å²) in [6, 6.07) is 12.0. The number of carbonyl (C=O) groups excluding carboxylic acids is 3. The fraction of sp³-hybridized carbons (Fsp3) is 0.320. The number of para-hydroxylation sites is 1. The number of halogens is 2. The maximum Gasteiger partial charge on any atom is 0.339 e. The molecule has 2 aromatic carbocycles. The highest BCUT2D eigenvalue weighted by Crippen LogP contribution is 2.50. The summed E-state index contributed by atoms with van der Waals surface area (Å²) in [7, 11) is 1.30. The number of rotatable bonds is 3. The van der Waals surface area contributed by atoms with Crippen molar-refractivity contribution in [3.8, 4) is 0 Å². The van der Waals surface area contributed by atoms with E-state index in [1.807, 2.05) is 19.9 Å². The quantitative estimate of drug-likeness (QED) is 0.519. The minimum atomic E-state index is -0.544. The first-order valence-electron chi connectivity index (χ1n) is 10.3. The number of anilines is 1. The number of hydrogen-bond donors (Lipinski definition) is 0. The molecule has 2 aliphatic rings. The molecule has 2 aromatic rings. The first-order valence-corrected chi connectivity index (χ1v) is 11.1. The molecule has 0 spiro atoms. The fourth-order valence-corrected chi connectivity index (χ4v) is 5.14. The second-order valence-electron chi connectivity index (χ2n) is 8.94. The minimum absolute atomic E-state index is 0.0228. The third-order valence-corrected chi connectivity index (χ3v) is 6.88. The van der Waals surface area contributed by atoms with E-state index in [1.54, 1.807) is 36.4 Å². The van der Waals surface area contributed by atoms with Gasteiger partial charge >= 0.3 is 5.97 Å². The van der Waals surface area contributed by atoms with Crippen molar-refractivity contribution in [2.45, 2.75) is 39.0 Å². The lowest BCUT2D eigenvalue weighted by Gasteiger charge is -2.43. The Kier molecular flexibility index (Phi) is 5.91. The van der Waals surface area contributed by atoms with Crippen molar-refractivity contribution in [3.05, 3.63) is 74.9 Å². The van der Waals surface area contributed by atoms with Gasteiger partial charge in [-0.15, -0.1) is 0 Å². The summed E-state index contributed by atoms with van der Waals surface area (Å²) in [5.74, 6) is -1.28. The van der Waals surface area contributed by atoms with Gasteiger partial charge in [0, 0.05) is 30.0 Å². The Hall–Kier alpha value is -2.63. The van der Waals surface area contributed by atoms with Gasteiger partial charge in [-0.1, -0.05) is 61.3 Å². The number of benzene rings is 2. The van der Waals surface area contributed by atoms with E-state index in [-0.39, 0.29) is 29.1 Å². The molecular formula is C25H23Cl2NO4. The van der Waals surface area contributed by atoms with Gasteiger partial charge in [-0.25, -0.2) is 4.79 Å². The molecule has 1 amide bonds. The molecule has 32 heavy (non-hydrogen) atoms. The van der Waals surface area contributed by atoms with E-state index in [1.165, 1.54) is 12.0 Å². The van der Waals surface area contributed by atoms with Gasteiger partial charge in [-0.2, -0.15) is 0 Å². The second kappa shape index (κ2) is 8.38. The van der Waals surface area contributed by atoms with Crippen LogP contribution < -0.4 is 4.90 Å². The molecular weight excluding hydrogens is 449 g/mol. The van der Waals surface area contributed by atoms with Gasteiger partial charge in [-0.3, -0.25) is 14.5 Å². The van der Waals surface area contributed by atoms with Crippen LogP contribution in [0.4, 0.5) is 5.69 Å². The molecule has 0 bridgehead atoms. The van der Waals surface area contributed by atoms with Crippen LogP contribution in [0.3, 0.4) is 0 Å². The van der Waals surface area contributed by atoms with Crippen LogP contribution in [-0.4, -0.2) is 24.8 Å². The van der Waals surface area contributed by atoms with Crippen molar-refractivity contribution < 1.29 is 19.1 Å². The van der Waals surface area contributed by atoms with Crippen LogP contribution in [0.1, 0.15) is 54.9 Å². The number of hydrogen-bond acceptors (Lipinski definition) is 4. The Morgan fingerprint density at radius 1 is 1.06 bits per heavy atom. The van der Waals surface area contributed by atoms with E-state index < -0.39 is 11.9 Å². The van der Waals surface area contributed by atoms with Crippen molar-refractivity contribution >= 4 is 46.5 Å². The molecule has 0 aromatic heterocycles. The number of carbonyl (C=O) groups is 3. The van der Waals surface area contributed by atoms with Gasteiger partial charge in [0.25, 0.3) is 0 Å². The zero-order valence-corrected chi connectivity index (χ0v) is 19.6. The molecule has 7 heteroatoms. The Morgan fingerprint density at radius 2 is 1.78 bits per heavy atom. The monoisotopic (exact) mass is 471 g/mol. The number of methoxy groups -OCH3 is 1. The molecule has 166 valence electrons. The predicted molar refractivity (Wildman–Crippen MR) is 124 cm³/mol. The molecule has 1 atom stereocenters. The van der Waals surface area contributed by atoms with Crippen molar-refractivity contribution in [3.63, 3.8) is 0 Å². The van der Waals surface area contributed by atoms with Crippen molar-refractivity contribution in [1.29, 1.82) is 0 Å². The maximum absolute atomic E-state index is 13.6. The van der Waals surface area contributed by atoms with Crippen LogP contribution >= 0.6 is 23.2 Å². The molecule has 1 aliphatic carbocycles. The van der Waals surface area contributed by atoms with Crippen LogP contribution in [-0.2, 0) is 14.3 Å². The summed E-state index contributed by atoms with van der Waals surface area (Å²) in [5.41, 5.74) is 2.18. The van der Waals surface area contributed by atoms with Crippen LogP contribution in [0.2, 0.25) is 10.0 Å². The highest BCUT2D eigenvalue weighted by molar-refractivity contribution is 6.42. The van der Waals surface area contributed by atoms with E-state index >= 15 is 0 Å². The van der Waals surface area contributed by atoms with E-state index in [2.05, 4.69) is 0 Å². The zero-order valence-electron chi connectivity index (χ0n) is 18.1. The third kappa shape index (κ3) is 3.84. The summed E-state index contributed by atoms with van der Waals surface area (Å²) < 4.78 is 4.93. The second-order valence-corrected chi connectivity index (χ2v) is 9.72. The van der Waals surface area contributed by atoms with Crippen LogP contribution in [0, 0.1) is 5.41 Å². The van der Waals surface area contributed by atoms with Gasteiger partial charge < -0.3 is 4.74 Å². The topological polar surface area (TPSA) is 63.7 Å². The smallest absolute Gasteiger partial charge is 0.339 e. The Morgan fingerprint density at radius 3 is 2.50 bits per heavy atom. The molecule has 0 N–H and O–H groups in total. The minimum Gasteiger partial charge on any atom is -0.465 e. The van der Waals surface area contributed by atoms with E-state index in [0.717, 1.165) is 0 Å². The molecule has 4 rings (SSSR count). The van der Waals surface area contributed by atoms with E-state index in [4.69, 9.17) is 27.9 Å². The summed E-state index contributed by atoms with van der Waals surface area (Å²) in [4.78, 5) is 40.9. The number of ether oxygens (including phenoxy) is 1. The molecule has 0 fully saturated rings. The van der Waals surface area contributed by atoms with Gasteiger partial charge in [-0.05, 0) is 35.6 Å². The number of Topliss-reactive ketones (excluding diaryl/α,β-unsaturated/α-hetero) is 1. The average Bonchev–Trinajstić information content (AvgIpc) is 2.73. The Bertz CT molecular complexity index is 1170. The molecule has 1 unspecified atom stereocenters.